The van der Waals surface area contributed by atoms with E-state index in [0.717, 1.165) is 32.5 Å². The molecule has 1 aromatic rings. The minimum Gasteiger partial charge on any atom is -0.334 e. The molecule has 0 aliphatic carbocycles. The smallest absolute Gasteiger partial charge is 0.125 e. The summed E-state index contributed by atoms with van der Waals surface area (Å²) in [5.41, 5.74) is 0. The zero-order chi connectivity index (χ0) is 12.7. The van der Waals surface area contributed by atoms with Gasteiger partial charge >= 0.3 is 0 Å². The molecule has 1 atom stereocenters. The quantitative estimate of drug-likeness (QED) is 0.751. The maximum absolute atomic E-state index is 4.51. The van der Waals surface area contributed by atoms with E-state index < -0.39 is 0 Å². The highest BCUT2D eigenvalue weighted by atomic mass is 15.1. The molecule has 1 heterocycles. The summed E-state index contributed by atoms with van der Waals surface area (Å²) in [6, 6.07) is 0.365. The Hall–Kier alpha value is -0.870. The van der Waals surface area contributed by atoms with Crippen molar-refractivity contribution in [2.75, 3.05) is 27.2 Å². The number of aromatic nitrogens is 2. The monoisotopic (exact) mass is 238 g/mol. The second kappa shape index (κ2) is 7.45. The Balaban J connectivity index is 2.70. The molecule has 0 saturated heterocycles. The number of nitrogens with one attached hydrogen (secondary N) is 1. The van der Waals surface area contributed by atoms with Crippen LogP contribution in [0.25, 0.3) is 0 Å². The molecule has 4 nitrogen and oxygen atoms in total. The van der Waals surface area contributed by atoms with Gasteiger partial charge in [-0.2, -0.15) is 0 Å². The van der Waals surface area contributed by atoms with Crippen molar-refractivity contribution < 1.29 is 0 Å². The fraction of sp³-hybridized carbons (Fsp3) is 0.769. The molecule has 0 aliphatic rings. The van der Waals surface area contributed by atoms with E-state index >= 15 is 0 Å². The van der Waals surface area contributed by atoms with Gasteiger partial charge in [-0.3, -0.25) is 0 Å². The molecule has 1 N–H and O–H groups in total. The van der Waals surface area contributed by atoms with Crippen molar-refractivity contribution in [3.05, 3.63) is 18.2 Å². The topological polar surface area (TPSA) is 33.1 Å². The normalized spacial score (nSPS) is 13.2. The summed E-state index contributed by atoms with van der Waals surface area (Å²) >= 11 is 0. The maximum atomic E-state index is 4.51. The first-order valence-corrected chi connectivity index (χ1v) is 6.58. The van der Waals surface area contributed by atoms with Gasteiger partial charge in [0, 0.05) is 18.9 Å². The van der Waals surface area contributed by atoms with Gasteiger partial charge in [-0.1, -0.05) is 13.8 Å². The molecule has 0 bridgehead atoms. The van der Waals surface area contributed by atoms with Crippen LogP contribution in [0.15, 0.2) is 12.4 Å². The highest BCUT2D eigenvalue weighted by molar-refractivity contribution is 4.99. The number of nitrogens with zero attached hydrogens (tertiary/aromatic N) is 3. The van der Waals surface area contributed by atoms with E-state index in [0.29, 0.717) is 6.04 Å². The van der Waals surface area contributed by atoms with Crippen molar-refractivity contribution in [3.8, 4) is 0 Å². The lowest BCUT2D eigenvalue weighted by Gasteiger charge is -2.20. The van der Waals surface area contributed by atoms with Gasteiger partial charge in [0.25, 0.3) is 0 Å². The lowest BCUT2D eigenvalue weighted by molar-refractivity contribution is 0.352. The van der Waals surface area contributed by atoms with Crippen LogP contribution in [0.5, 0.6) is 0 Å². The number of imidazole rings is 1. The molecule has 0 aliphatic heterocycles. The van der Waals surface area contributed by atoms with Gasteiger partial charge in [-0.05, 0) is 40.0 Å². The average molecular weight is 238 g/mol. The van der Waals surface area contributed by atoms with Crippen LogP contribution in [0.1, 0.15) is 38.6 Å². The third kappa shape index (κ3) is 4.48. The van der Waals surface area contributed by atoms with Crippen LogP contribution >= 0.6 is 0 Å². The van der Waals surface area contributed by atoms with E-state index in [-0.39, 0.29) is 0 Å². The molecule has 0 amide bonds. The van der Waals surface area contributed by atoms with E-state index in [1.165, 1.54) is 5.82 Å². The zero-order valence-corrected chi connectivity index (χ0v) is 11.6. The van der Waals surface area contributed by atoms with Gasteiger partial charge in [-0.15, -0.1) is 0 Å². The van der Waals surface area contributed by atoms with E-state index in [4.69, 9.17) is 0 Å². The molecule has 0 fully saturated rings. The molecule has 98 valence electrons. The summed E-state index contributed by atoms with van der Waals surface area (Å²) < 4.78 is 2.27. The van der Waals surface area contributed by atoms with Crippen LogP contribution in [0.3, 0.4) is 0 Å². The summed E-state index contributed by atoms with van der Waals surface area (Å²) in [6.45, 7) is 7.47. The molecule has 1 aromatic heterocycles. The molecule has 4 heteroatoms. The fourth-order valence-electron chi connectivity index (χ4n) is 2.02. The lowest BCUT2D eigenvalue weighted by Crippen LogP contribution is -2.28. The minimum atomic E-state index is 0.365. The minimum absolute atomic E-state index is 0.365. The van der Waals surface area contributed by atoms with Gasteiger partial charge in [0.2, 0.25) is 0 Å². The Morgan fingerprint density at radius 1 is 1.41 bits per heavy atom. The van der Waals surface area contributed by atoms with Crippen molar-refractivity contribution in [1.82, 2.24) is 19.8 Å². The van der Waals surface area contributed by atoms with Crippen LogP contribution < -0.4 is 5.32 Å². The molecular weight excluding hydrogens is 212 g/mol. The number of aryl methyl sites for hydroxylation is 1. The average Bonchev–Trinajstić information content (AvgIpc) is 2.73. The molecular formula is C13H26N4. The van der Waals surface area contributed by atoms with Crippen LogP contribution in [-0.4, -0.2) is 41.6 Å². The third-order valence-electron chi connectivity index (χ3n) is 2.84. The largest absolute Gasteiger partial charge is 0.334 e. The van der Waals surface area contributed by atoms with Crippen molar-refractivity contribution in [1.29, 1.82) is 0 Å². The van der Waals surface area contributed by atoms with Crippen LogP contribution in [-0.2, 0) is 6.54 Å². The predicted molar refractivity (Wildman–Crippen MR) is 72.1 cm³/mol. The van der Waals surface area contributed by atoms with Gasteiger partial charge in [0.1, 0.15) is 5.82 Å². The molecule has 1 rings (SSSR count). The second-order valence-electron chi connectivity index (χ2n) is 4.68. The summed E-state index contributed by atoms with van der Waals surface area (Å²) in [4.78, 5) is 6.73. The number of hydrogen-bond donors (Lipinski definition) is 1. The van der Waals surface area contributed by atoms with E-state index in [1.54, 1.807) is 0 Å². The Morgan fingerprint density at radius 3 is 2.76 bits per heavy atom. The zero-order valence-electron chi connectivity index (χ0n) is 11.6. The second-order valence-corrected chi connectivity index (χ2v) is 4.68. The molecule has 0 aromatic carbocycles. The van der Waals surface area contributed by atoms with Crippen LogP contribution in [0.2, 0.25) is 0 Å². The van der Waals surface area contributed by atoms with Gasteiger partial charge < -0.3 is 14.8 Å². The standard InChI is InChI=1S/C13H26N4/c1-5-9-17-11-8-15-13(17)12(14-6-2)7-10-16(3)4/h8,11-12,14H,5-7,9-10H2,1-4H3. The Labute approximate surface area is 105 Å². The number of rotatable bonds is 8. The predicted octanol–water partition coefficient (Wildman–Crippen LogP) is 1.90. The lowest BCUT2D eigenvalue weighted by atomic mass is 10.2. The third-order valence-corrected chi connectivity index (χ3v) is 2.84. The van der Waals surface area contributed by atoms with Gasteiger partial charge in [0.05, 0.1) is 6.04 Å². The maximum Gasteiger partial charge on any atom is 0.125 e. The molecule has 0 radical (unpaired) electrons. The molecule has 0 spiro atoms. The highest BCUT2D eigenvalue weighted by Crippen LogP contribution is 2.15. The highest BCUT2D eigenvalue weighted by Gasteiger charge is 2.15. The first-order valence-electron chi connectivity index (χ1n) is 6.58. The Morgan fingerprint density at radius 2 is 2.18 bits per heavy atom. The fourth-order valence-corrected chi connectivity index (χ4v) is 2.02. The Bertz CT molecular complexity index is 306. The van der Waals surface area contributed by atoms with Crippen molar-refractivity contribution in [3.63, 3.8) is 0 Å². The Kier molecular flexibility index (Phi) is 6.22. The van der Waals surface area contributed by atoms with Crippen molar-refractivity contribution in [2.24, 2.45) is 0 Å². The van der Waals surface area contributed by atoms with Gasteiger partial charge in [-0.25, -0.2) is 4.98 Å². The van der Waals surface area contributed by atoms with E-state index in [9.17, 15) is 0 Å². The van der Waals surface area contributed by atoms with E-state index in [2.05, 4.69) is 53.9 Å². The summed E-state index contributed by atoms with van der Waals surface area (Å²) in [5.74, 6) is 1.18. The van der Waals surface area contributed by atoms with Crippen LogP contribution in [0.4, 0.5) is 0 Å². The van der Waals surface area contributed by atoms with Crippen molar-refractivity contribution in [2.45, 2.75) is 39.3 Å². The molecule has 17 heavy (non-hydrogen) atoms. The van der Waals surface area contributed by atoms with Crippen LogP contribution in [0, 0.1) is 0 Å². The van der Waals surface area contributed by atoms with E-state index in [1.807, 2.05) is 6.20 Å². The van der Waals surface area contributed by atoms with Gasteiger partial charge in [0.15, 0.2) is 0 Å². The summed E-state index contributed by atoms with van der Waals surface area (Å²) in [5, 5.41) is 3.53. The summed E-state index contributed by atoms with van der Waals surface area (Å²) in [6.07, 6.45) is 6.24. The number of hydrogen-bond acceptors (Lipinski definition) is 3. The first kappa shape index (κ1) is 14.2. The SMILES string of the molecule is CCCn1ccnc1C(CCN(C)C)NCC. The van der Waals surface area contributed by atoms with Crippen molar-refractivity contribution >= 4 is 0 Å². The summed E-state index contributed by atoms with van der Waals surface area (Å²) in [7, 11) is 4.23. The molecule has 0 saturated carbocycles. The first-order chi connectivity index (χ1) is 8.19. The molecule has 1 unspecified atom stereocenters.